The topological polar surface area (TPSA) is 63.0 Å². The summed E-state index contributed by atoms with van der Waals surface area (Å²) in [5.74, 6) is 0. The third-order valence-electron chi connectivity index (χ3n) is 0. The molecule has 0 atom stereocenters. The van der Waals surface area contributed by atoms with Crippen LogP contribution in [0.2, 0.25) is 0 Å². The van der Waals surface area contributed by atoms with Gasteiger partial charge in [0.1, 0.15) is 0 Å². The monoisotopic (exact) mass is 204 g/mol. The second-order valence-electron chi connectivity index (χ2n) is 0. The molecule has 2 nitrogen and oxygen atoms in total. The minimum absolute atomic E-state index is 0. The number of rotatable bonds is 0. The minimum Gasteiger partial charge on any atom is -0.412 e. The van der Waals surface area contributed by atoms with Crippen molar-refractivity contribution in [1.29, 1.82) is 0 Å². The van der Waals surface area contributed by atoms with Crippen molar-refractivity contribution in [3.8, 4) is 0 Å². The van der Waals surface area contributed by atoms with Crippen LogP contribution >= 0.6 is 0 Å². The molecule has 0 unspecified atom stereocenters. The predicted octanol–water partition coefficient (Wildman–Crippen LogP) is -1.66. The summed E-state index contributed by atoms with van der Waals surface area (Å²) in [5, 5.41) is 0. The fourth-order valence-corrected chi connectivity index (χ4v) is 0. The number of hydrogen-bond acceptors (Lipinski definition) is 0. The average molecular weight is 204 g/mol. The third kappa shape index (κ3) is 30.3. The summed E-state index contributed by atoms with van der Waals surface area (Å²) in [5.41, 5.74) is 0. The Labute approximate surface area is 62.1 Å². The van der Waals surface area contributed by atoms with Gasteiger partial charge >= 0.3 is 0 Å². The van der Waals surface area contributed by atoms with Gasteiger partial charge in [-0.15, -0.1) is 0 Å². The standard InChI is InChI=1S/3Fe.2H2O/h;;;2*1H2. The van der Waals surface area contributed by atoms with Gasteiger partial charge in [-0.25, -0.2) is 0 Å². The van der Waals surface area contributed by atoms with E-state index in [0.29, 0.717) is 0 Å². The van der Waals surface area contributed by atoms with E-state index in [1.165, 1.54) is 0 Å². The summed E-state index contributed by atoms with van der Waals surface area (Å²) < 4.78 is 0. The minimum atomic E-state index is 0. The van der Waals surface area contributed by atoms with Crippen LogP contribution in [0.1, 0.15) is 0 Å². The molecule has 0 aromatic heterocycles. The first kappa shape index (κ1) is 89.0. The van der Waals surface area contributed by atoms with Crippen molar-refractivity contribution in [2.75, 3.05) is 0 Å². The normalized spacial score (nSPS) is 0. The van der Waals surface area contributed by atoms with Crippen molar-refractivity contribution in [3.63, 3.8) is 0 Å². The van der Waals surface area contributed by atoms with Gasteiger partial charge < -0.3 is 11.0 Å². The molecule has 0 amide bonds. The second kappa shape index (κ2) is 50.3. The van der Waals surface area contributed by atoms with Crippen molar-refractivity contribution >= 4 is 0 Å². The van der Waals surface area contributed by atoms with Crippen LogP contribution in [0, 0.1) is 0 Å². The second-order valence-corrected chi connectivity index (χ2v) is 0. The van der Waals surface area contributed by atoms with Gasteiger partial charge in [-0.05, 0) is 0 Å². The van der Waals surface area contributed by atoms with E-state index in [2.05, 4.69) is 0 Å². The molecule has 0 fully saturated rings. The molecule has 0 radical (unpaired) electrons. The zero-order valence-corrected chi connectivity index (χ0v) is 5.37. The Morgan fingerprint density at radius 2 is 0.400 bits per heavy atom. The van der Waals surface area contributed by atoms with Crippen LogP contribution in [0.3, 0.4) is 0 Å². The van der Waals surface area contributed by atoms with Gasteiger partial charge in [0.05, 0.1) is 0 Å². The van der Waals surface area contributed by atoms with Gasteiger partial charge in [0, 0.05) is 51.2 Å². The quantitative estimate of drug-likeness (QED) is 0.423. The van der Waals surface area contributed by atoms with E-state index in [1.54, 1.807) is 0 Å². The van der Waals surface area contributed by atoms with Crippen molar-refractivity contribution in [2.24, 2.45) is 0 Å². The molecule has 0 heterocycles. The fraction of sp³-hybridized carbons (Fsp3) is 0. The molecule has 5 heteroatoms. The van der Waals surface area contributed by atoms with Crippen LogP contribution in [-0.4, -0.2) is 11.0 Å². The molecule has 0 spiro atoms. The zero-order valence-electron chi connectivity index (χ0n) is 2.06. The molecule has 40 valence electrons. The maximum Gasteiger partial charge on any atom is 0 e. The average Bonchev–Trinajstić information content (AvgIpc) is 0. The molecule has 0 bridgehead atoms. The summed E-state index contributed by atoms with van der Waals surface area (Å²) in [6, 6.07) is 0. The summed E-state index contributed by atoms with van der Waals surface area (Å²) in [7, 11) is 0. The summed E-state index contributed by atoms with van der Waals surface area (Å²) in [6.07, 6.45) is 0. The van der Waals surface area contributed by atoms with Crippen LogP contribution in [-0.2, 0) is 51.2 Å². The Hall–Kier alpha value is 1.48. The maximum absolute atomic E-state index is 0. The molecule has 0 aliphatic heterocycles. The molecule has 0 aliphatic carbocycles. The van der Waals surface area contributed by atoms with E-state index in [4.69, 9.17) is 0 Å². The van der Waals surface area contributed by atoms with E-state index < -0.39 is 0 Å². The van der Waals surface area contributed by atoms with Gasteiger partial charge in [0.25, 0.3) is 0 Å². The van der Waals surface area contributed by atoms with E-state index in [1.807, 2.05) is 0 Å². The van der Waals surface area contributed by atoms with Gasteiger partial charge in [-0.1, -0.05) is 0 Å². The maximum atomic E-state index is 0. The smallest absolute Gasteiger partial charge is 0 e. The van der Waals surface area contributed by atoms with Crippen LogP contribution in [0.4, 0.5) is 0 Å². The van der Waals surface area contributed by atoms with Crippen LogP contribution in [0.15, 0.2) is 0 Å². The summed E-state index contributed by atoms with van der Waals surface area (Å²) >= 11 is 0. The van der Waals surface area contributed by atoms with Gasteiger partial charge in [0.15, 0.2) is 0 Å². The van der Waals surface area contributed by atoms with Crippen molar-refractivity contribution in [3.05, 3.63) is 0 Å². The van der Waals surface area contributed by atoms with E-state index in [9.17, 15) is 0 Å². The Bertz CT molecular complexity index is 4.85. The SMILES string of the molecule is O.O.[Fe].[Fe].[Fe]. The van der Waals surface area contributed by atoms with Gasteiger partial charge in [0.2, 0.25) is 0 Å². The molecule has 0 aromatic rings. The molecule has 0 rings (SSSR count). The van der Waals surface area contributed by atoms with E-state index >= 15 is 0 Å². The Kier molecular flexibility index (Phi) is 894. The molecule has 4 N–H and O–H groups in total. The van der Waals surface area contributed by atoms with Crippen LogP contribution in [0.5, 0.6) is 0 Å². The Morgan fingerprint density at radius 3 is 0.400 bits per heavy atom. The van der Waals surface area contributed by atoms with Crippen molar-refractivity contribution in [1.82, 2.24) is 0 Å². The van der Waals surface area contributed by atoms with Gasteiger partial charge in [-0.2, -0.15) is 0 Å². The molecule has 0 aliphatic rings. The summed E-state index contributed by atoms with van der Waals surface area (Å²) in [6.45, 7) is 0. The van der Waals surface area contributed by atoms with Crippen molar-refractivity contribution in [2.45, 2.75) is 0 Å². The fourth-order valence-electron chi connectivity index (χ4n) is 0. The van der Waals surface area contributed by atoms with Crippen LogP contribution in [0.25, 0.3) is 0 Å². The Balaban J connectivity index is 0. The van der Waals surface area contributed by atoms with Crippen molar-refractivity contribution < 1.29 is 62.2 Å². The first-order valence-electron chi connectivity index (χ1n) is 0. The largest absolute Gasteiger partial charge is 0.412 e. The third-order valence-corrected chi connectivity index (χ3v) is 0. The first-order valence-corrected chi connectivity index (χ1v) is 0. The zero-order chi connectivity index (χ0) is 0. The first-order chi connectivity index (χ1) is 0. The Morgan fingerprint density at radius 1 is 0.400 bits per heavy atom. The molecule has 0 saturated heterocycles. The molecule has 0 saturated carbocycles. The van der Waals surface area contributed by atoms with Crippen LogP contribution < -0.4 is 0 Å². The summed E-state index contributed by atoms with van der Waals surface area (Å²) in [4.78, 5) is 0. The van der Waals surface area contributed by atoms with Gasteiger partial charge in [-0.3, -0.25) is 0 Å². The van der Waals surface area contributed by atoms with E-state index in [-0.39, 0.29) is 62.2 Å². The molecular formula is H4Fe3O2. The molecular weight excluding hydrogens is 200 g/mol. The number of hydrogen-bond donors (Lipinski definition) is 0. The predicted molar refractivity (Wildman–Crippen MR) is 7.23 cm³/mol. The molecule has 0 aromatic carbocycles. The molecule has 5 heavy (non-hydrogen) atoms. The van der Waals surface area contributed by atoms with E-state index in [0.717, 1.165) is 0 Å².